The van der Waals surface area contributed by atoms with E-state index in [0.29, 0.717) is 18.9 Å². The predicted octanol–water partition coefficient (Wildman–Crippen LogP) is 0.535. The molecule has 0 aliphatic carbocycles. The number of aliphatic carboxylic acids is 1. The number of carboxylic acids is 1. The van der Waals surface area contributed by atoms with Crippen molar-refractivity contribution < 1.29 is 62.0 Å². The molecule has 0 bridgehead atoms. The summed E-state index contributed by atoms with van der Waals surface area (Å²) in [7, 11) is -4.56. The number of unbranched alkanes of at least 4 members (excludes halogenated alkanes) is 9. The van der Waals surface area contributed by atoms with Crippen LogP contribution in [0, 0.1) is 0 Å². The summed E-state index contributed by atoms with van der Waals surface area (Å²) >= 11 is 0. The van der Waals surface area contributed by atoms with Crippen molar-refractivity contribution in [3.8, 4) is 0 Å². The topological polar surface area (TPSA) is 121 Å². The molecular formula is C20H35NaO7S. The second-order valence-corrected chi connectivity index (χ2v) is 8.61. The summed E-state index contributed by atoms with van der Waals surface area (Å²) in [5.41, 5.74) is -1.84. The van der Waals surface area contributed by atoms with E-state index in [4.69, 9.17) is 9.29 Å². The minimum absolute atomic E-state index is 0. The van der Waals surface area contributed by atoms with Crippen molar-refractivity contribution in [1.29, 1.82) is 0 Å². The Balaban J connectivity index is 0. The summed E-state index contributed by atoms with van der Waals surface area (Å²) in [4.78, 5) is 23.0. The third-order valence-corrected chi connectivity index (χ3v) is 5.45. The Bertz CT molecular complexity index is 588. The van der Waals surface area contributed by atoms with Crippen LogP contribution in [0.3, 0.4) is 0 Å². The van der Waals surface area contributed by atoms with Crippen LogP contribution in [0.15, 0.2) is 11.6 Å². The Morgan fingerprint density at radius 3 is 1.83 bits per heavy atom. The third-order valence-electron chi connectivity index (χ3n) is 4.45. The van der Waals surface area contributed by atoms with Crippen LogP contribution in [-0.2, 0) is 24.4 Å². The Kier molecular flexibility index (Phi) is 19.5. The Morgan fingerprint density at radius 2 is 1.41 bits per heavy atom. The van der Waals surface area contributed by atoms with Gasteiger partial charge >= 0.3 is 45.6 Å². The molecule has 0 rings (SSSR count). The molecule has 29 heavy (non-hydrogen) atoms. The monoisotopic (exact) mass is 442 g/mol. The second kappa shape index (κ2) is 18.4. The van der Waals surface area contributed by atoms with Gasteiger partial charge in [-0.05, 0) is 18.9 Å². The first kappa shape index (κ1) is 30.8. The molecular weight excluding hydrogens is 407 g/mol. The van der Waals surface area contributed by atoms with E-state index in [2.05, 4.69) is 6.92 Å². The smallest absolute Gasteiger partial charge is 0.545 e. The van der Waals surface area contributed by atoms with E-state index in [1.165, 1.54) is 38.5 Å². The molecule has 0 aromatic carbocycles. The Labute approximate surface area is 197 Å². The van der Waals surface area contributed by atoms with E-state index in [0.717, 1.165) is 19.3 Å². The van der Waals surface area contributed by atoms with Gasteiger partial charge in [-0.25, -0.2) is 4.79 Å². The SMILES string of the molecule is CCCCCCCCCCCCC(=CC(=O)[O-])C(=O)OC(CCC)S(=O)(=O)O.[Na+]. The van der Waals surface area contributed by atoms with E-state index < -0.39 is 27.5 Å². The summed E-state index contributed by atoms with van der Waals surface area (Å²) < 4.78 is 36.5. The zero-order chi connectivity index (χ0) is 21.4. The number of esters is 1. The summed E-state index contributed by atoms with van der Waals surface area (Å²) in [5.74, 6) is -2.59. The first-order valence-electron chi connectivity index (χ1n) is 10.3. The van der Waals surface area contributed by atoms with Gasteiger partial charge in [0.1, 0.15) is 0 Å². The van der Waals surface area contributed by atoms with Crippen molar-refractivity contribution in [3.63, 3.8) is 0 Å². The minimum Gasteiger partial charge on any atom is -0.545 e. The van der Waals surface area contributed by atoms with E-state index in [1.807, 2.05) is 0 Å². The van der Waals surface area contributed by atoms with Crippen LogP contribution in [0.2, 0.25) is 0 Å². The van der Waals surface area contributed by atoms with E-state index >= 15 is 0 Å². The maximum atomic E-state index is 12.1. The first-order valence-corrected chi connectivity index (χ1v) is 11.8. The van der Waals surface area contributed by atoms with Crippen molar-refractivity contribution in [2.24, 2.45) is 0 Å². The third kappa shape index (κ3) is 17.0. The molecule has 0 saturated heterocycles. The predicted molar refractivity (Wildman–Crippen MR) is 106 cm³/mol. The molecule has 0 fully saturated rings. The van der Waals surface area contributed by atoms with Crippen molar-refractivity contribution in [3.05, 3.63) is 11.6 Å². The number of ether oxygens (including phenoxy) is 1. The van der Waals surface area contributed by atoms with Gasteiger partial charge < -0.3 is 14.6 Å². The van der Waals surface area contributed by atoms with Gasteiger partial charge in [-0.15, -0.1) is 0 Å². The number of rotatable bonds is 17. The van der Waals surface area contributed by atoms with Gasteiger partial charge in [0.05, 0.1) is 5.97 Å². The zero-order valence-corrected chi connectivity index (χ0v) is 21.0. The van der Waals surface area contributed by atoms with Gasteiger partial charge in [0.15, 0.2) is 0 Å². The van der Waals surface area contributed by atoms with Crippen LogP contribution in [0.1, 0.15) is 97.3 Å². The van der Waals surface area contributed by atoms with Crippen LogP contribution in [0.4, 0.5) is 0 Å². The Morgan fingerprint density at radius 1 is 0.931 bits per heavy atom. The molecule has 164 valence electrons. The van der Waals surface area contributed by atoms with Crippen LogP contribution in [-0.4, -0.2) is 30.3 Å². The molecule has 0 radical (unpaired) electrons. The van der Waals surface area contributed by atoms with Gasteiger partial charge in [0.25, 0.3) is 0 Å². The van der Waals surface area contributed by atoms with E-state index in [9.17, 15) is 23.1 Å². The normalized spacial score (nSPS) is 12.9. The number of carbonyl (C=O) groups excluding carboxylic acids is 2. The maximum Gasteiger partial charge on any atom is 1.00 e. The zero-order valence-electron chi connectivity index (χ0n) is 18.2. The Hall–Kier alpha value is -0.410. The standard InChI is InChI=1S/C20H36O7S.Na/c1-3-5-6-7-8-9-10-11-12-13-15-17(16-18(21)22)20(23)27-19(14-4-2)28(24,25)26;/h16,19H,3-15H2,1-2H3,(H,21,22)(H,24,25,26);/q;+1/p-1. The van der Waals surface area contributed by atoms with E-state index in [-0.39, 0.29) is 48.0 Å². The first-order chi connectivity index (χ1) is 13.2. The fourth-order valence-electron chi connectivity index (χ4n) is 2.88. The quantitative estimate of drug-likeness (QED) is 0.115. The molecule has 0 amide bonds. The molecule has 1 atom stereocenters. The summed E-state index contributed by atoms with van der Waals surface area (Å²) in [6, 6.07) is 0. The fraction of sp³-hybridized carbons (Fsp3) is 0.800. The molecule has 0 aliphatic rings. The van der Waals surface area contributed by atoms with E-state index in [1.54, 1.807) is 6.92 Å². The molecule has 1 unspecified atom stereocenters. The van der Waals surface area contributed by atoms with Crippen LogP contribution in [0.25, 0.3) is 0 Å². The van der Waals surface area contributed by atoms with Crippen molar-refractivity contribution in [2.45, 2.75) is 103 Å². The average Bonchev–Trinajstić information content (AvgIpc) is 2.60. The fourth-order valence-corrected chi connectivity index (χ4v) is 3.62. The van der Waals surface area contributed by atoms with Gasteiger partial charge in [-0.2, -0.15) is 8.42 Å². The molecule has 0 saturated carbocycles. The van der Waals surface area contributed by atoms with Crippen LogP contribution < -0.4 is 34.7 Å². The molecule has 9 heteroatoms. The number of hydrogen-bond acceptors (Lipinski definition) is 6. The maximum absolute atomic E-state index is 12.1. The molecule has 0 aliphatic heterocycles. The molecule has 0 heterocycles. The molecule has 7 nitrogen and oxygen atoms in total. The van der Waals surface area contributed by atoms with Gasteiger partial charge in [0, 0.05) is 12.0 Å². The minimum atomic E-state index is -4.56. The van der Waals surface area contributed by atoms with Gasteiger partial charge in [-0.1, -0.05) is 78.1 Å². The summed E-state index contributed by atoms with van der Waals surface area (Å²) in [6.07, 6.45) is 12.0. The second-order valence-electron chi connectivity index (χ2n) is 7.06. The van der Waals surface area contributed by atoms with Crippen LogP contribution in [0.5, 0.6) is 0 Å². The number of carboxylic acid groups (broad SMARTS) is 1. The largest absolute Gasteiger partial charge is 1.00 e. The average molecular weight is 443 g/mol. The van der Waals surface area contributed by atoms with Crippen LogP contribution >= 0.6 is 0 Å². The van der Waals surface area contributed by atoms with Crippen molar-refractivity contribution >= 4 is 22.1 Å². The van der Waals surface area contributed by atoms with Crippen molar-refractivity contribution in [1.82, 2.24) is 0 Å². The van der Waals surface area contributed by atoms with Gasteiger partial charge in [-0.3, -0.25) is 4.55 Å². The van der Waals surface area contributed by atoms with Gasteiger partial charge in [0.2, 0.25) is 5.44 Å². The molecule has 0 aromatic heterocycles. The summed E-state index contributed by atoms with van der Waals surface area (Å²) in [6.45, 7) is 3.86. The summed E-state index contributed by atoms with van der Waals surface area (Å²) in [5, 5.41) is 10.8. The number of hydrogen-bond donors (Lipinski definition) is 1. The molecule has 0 spiro atoms. The van der Waals surface area contributed by atoms with Crippen molar-refractivity contribution in [2.75, 3.05) is 0 Å². The molecule has 1 N–H and O–H groups in total. The number of carbonyl (C=O) groups is 2. The molecule has 0 aromatic rings.